The van der Waals surface area contributed by atoms with E-state index in [1.807, 2.05) is 4.90 Å². The first-order chi connectivity index (χ1) is 17.4. The van der Waals surface area contributed by atoms with E-state index in [9.17, 15) is 4.79 Å². The van der Waals surface area contributed by atoms with Crippen LogP contribution in [0.1, 0.15) is 73.9 Å². The minimum absolute atomic E-state index is 0.232. The Hall–Kier alpha value is -2.70. The number of pyridine rings is 1. The van der Waals surface area contributed by atoms with Gasteiger partial charge in [-0.3, -0.25) is 9.78 Å². The Morgan fingerprint density at radius 3 is 2.44 bits per heavy atom. The van der Waals surface area contributed by atoms with Crippen molar-refractivity contribution in [3.63, 3.8) is 0 Å². The summed E-state index contributed by atoms with van der Waals surface area (Å²) in [7, 11) is 0. The number of piperidine rings is 1. The smallest absolute Gasteiger partial charge is 0.236 e. The van der Waals surface area contributed by atoms with Gasteiger partial charge in [0.25, 0.3) is 0 Å². The molecule has 1 aromatic carbocycles. The number of H-pyrrole nitrogens is 1. The fourth-order valence-electron chi connectivity index (χ4n) is 6.00. The number of benzene rings is 1. The van der Waals surface area contributed by atoms with E-state index in [0.717, 1.165) is 63.4 Å². The summed E-state index contributed by atoms with van der Waals surface area (Å²) in [6.07, 6.45) is 4.03. The third kappa shape index (κ3) is 5.35. The van der Waals surface area contributed by atoms with Gasteiger partial charge in [-0.2, -0.15) is 0 Å². The van der Waals surface area contributed by atoms with Gasteiger partial charge in [0.1, 0.15) is 0 Å². The summed E-state index contributed by atoms with van der Waals surface area (Å²) in [6.45, 7) is 12.4. The SMILES string of the molecule is Cc1cc(-c2[nH]c3ccc(C4CCN(C(=O)CNC5CCOCC5)CC4)cc3c2C(C)C)cc(C)n1. The van der Waals surface area contributed by atoms with Gasteiger partial charge >= 0.3 is 0 Å². The Morgan fingerprint density at radius 1 is 1.08 bits per heavy atom. The van der Waals surface area contributed by atoms with E-state index < -0.39 is 0 Å². The lowest BCUT2D eigenvalue weighted by Crippen LogP contribution is -2.45. The minimum atomic E-state index is 0.232. The summed E-state index contributed by atoms with van der Waals surface area (Å²) in [6, 6.07) is 11.7. The molecule has 0 unspecified atom stereocenters. The first-order valence-corrected chi connectivity index (χ1v) is 13.6. The molecule has 36 heavy (non-hydrogen) atoms. The molecule has 2 N–H and O–H groups in total. The van der Waals surface area contributed by atoms with Crippen LogP contribution in [0.5, 0.6) is 0 Å². The first-order valence-electron chi connectivity index (χ1n) is 13.6. The molecule has 5 rings (SSSR count). The highest BCUT2D eigenvalue weighted by molar-refractivity contribution is 5.92. The molecule has 0 saturated carbocycles. The summed E-state index contributed by atoms with van der Waals surface area (Å²) >= 11 is 0. The van der Waals surface area contributed by atoms with Crippen LogP contribution in [0.2, 0.25) is 0 Å². The minimum Gasteiger partial charge on any atom is -0.381 e. The number of ether oxygens (including phenoxy) is 1. The van der Waals surface area contributed by atoms with E-state index >= 15 is 0 Å². The summed E-state index contributed by atoms with van der Waals surface area (Å²) in [4.78, 5) is 23.1. The van der Waals surface area contributed by atoms with Crippen LogP contribution in [-0.2, 0) is 9.53 Å². The standard InChI is InChI=1S/C30H40N4O2/c1-19(2)29-26-17-23(5-6-27(26)33-30(29)24-15-20(3)32-21(4)16-24)22-7-11-34(12-8-22)28(35)18-31-25-9-13-36-14-10-25/h5-6,15-17,19,22,25,31,33H,7-14,18H2,1-4H3. The topological polar surface area (TPSA) is 70.2 Å². The molecule has 0 atom stereocenters. The molecule has 2 aromatic heterocycles. The lowest BCUT2D eigenvalue weighted by atomic mass is 9.87. The quantitative estimate of drug-likeness (QED) is 0.484. The zero-order valence-electron chi connectivity index (χ0n) is 22.2. The number of aromatic nitrogens is 2. The molecule has 0 aliphatic carbocycles. The van der Waals surface area contributed by atoms with Crippen molar-refractivity contribution in [2.24, 2.45) is 0 Å². The van der Waals surface area contributed by atoms with Gasteiger partial charge in [0.2, 0.25) is 5.91 Å². The third-order valence-electron chi connectivity index (χ3n) is 7.89. The van der Waals surface area contributed by atoms with Gasteiger partial charge in [-0.15, -0.1) is 0 Å². The number of rotatable bonds is 6. The Labute approximate surface area is 214 Å². The maximum atomic E-state index is 12.8. The first kappa shape index (κ1) is 25.0. The number of nitrogens with zero attached hydrogens (tertiary/aromatic N) is 2. The van der Waals surface area contributed by atoms with Gasteiger partial charge in [0.15, 0.2) is 0 Å². The maximum absolute atomic E-state index is 12.8. The normalized spacial score (nSPS) is 17.9. The predicted octanol–water partition coefficient (Wildman–Crippen LogP) is 5.44. The number of carbonyl (C=O) groups is 1. The Bertz CT molecular complexity index is 1200. The zero-order chi connectivity index (χ0) is 25.2. The van der Waals surface area contributed by atoms with Crippen LogP contribution >= 0.6 is 0 Å². The predicted molar refractivity (Wildman–Crippen MR) is 145 cm³/mol. The molecule has 2 aliphatic heterocycles. The van der Waals surface area contributed by atoms with Crippen molar-refractivity contribution in [3.8, 4) is 11.3 Å². The molecule has 4 heterocycles. The van der Waals surface area contributed by atoms with Crippen LogP contribution in [0, 0.1) is 13.8 Å². The summed E-state index contributed by atoms with van der Waals surface area (Å²) in [5, 5.41) is 4.77. The largest absolute Gasteiger partial charge is 0.381 e. The van der Waals surface area contributed by atoms with Crippen molar-refractivity contribution in [3.05, 3.63) is 52.8 Å². The van der Waals surface area contributed by atoms with Crippen LogP contribution in [0.4, 0.5) is 0 Å². The van der Waals surface area contributed by atoms with E-state index in [1.54, 1.807) is 0 Å². The van der Waals surface area contributed by atoms with E-state index in [-0.39, 0.29) is 5.91 Å². The number of amides is 1. The van der Waals surface area contributed by atoms with Crippen molar-refractivity contribution in [1.82, 2.24) is 20.2 Å². The lowest BCUT2D eigenvalue weighted by molar-refractivity contribution is -0.131. The fourth-order valence-corrected chi connectivity index (χ4v) is 6.00. The van der Waals surface area contributed by atoms with Crippen LogP contribution in [0.3, 0.4) is 0 Å². The van der Waals surface area contributed by atoms with Crippen LogP contribution in [0.25, 0.3) is 22.2 Å². The van der Waals surface area contributed by atoms with Crippen LogP contribution < -0.4 is 5.32 Å². The molecule has 6 nitrogen and oxygen atoms in total. The number of fused-ring (bicyclic) bond motifs is 1. The van der Waals surface area contributed by atoms with E-state index in [4.69, 9.17) is 4.74 Å². The number of nitrogens with one attached hydrogen (secondary N) is 2. The summed E-state index contributed by atoms with van der Waals surface area (Å²) in [5.74, 6) is 1.13. The van der Waals surface area contributed by atoms with E-state index in [1.165, 1.54) is 33.3 Å². The van der Waals surface area contributed by atoms with Gasteiger partial charge < -0.3 is 19.9 Å². The van der Waals surface area contributed by atoms with Gasteiger partial charge in [0, 0.05) is 60.2 Å². The fraction of sp³-hybridized carbons (Fsp3) is 0.533. The van der Waals surface area contributed by atoms with Crippen molar-refractivity contribution in [1.29, 1.82) is 0 Å². The number of aryl methyl sites for hydroxylation is 2. The number of aromatic amines is 1. The molecule has 3 aromatic rings. The van der Waals surface area contributed by atoms with Crippen molar-refractivity contribution in [2.45, 2.75) is 71.3 Å². The second kappa shape index (κ2) is 10.7. The third-order valence-corrected chi connectivity index (χ3v) is 7.89. The summed E-state index contributed by atoms with van der Waals surface area (Å²) < 4.78 is 5.42. The van der Waals surface area contributed by atoms with Gasteiger partial charge in [-0.25, -0.2) is 0 Å². The molecule has 2 aliphatic rings. The molecule has 192 valence electrons. The molecule has 2 saturated heterocycles. The average molecular weight is 489 g/mol. The molecule has 1 amide bonds. The van der Waals surface area contributed by atoms with Crippen molar-refractivity contribution in [2.75, 3.05) is 32.8 Å². The van der Waals surface area contributed by atoms with Crippen LogP contribution in [-0.4, -0.2) is 59.7 Å². The molecule has 0 radical (unpaired) electrons. The second-order valence-corrected chi connectivity index (χ2v) is 10.9. The van der Waals surface area contributed by atoms with Gasteiger partial charge in [0.05, 0.1) is 12.2 Å². The lowest BCUT2D eigenvalue weighted by Gasteiger charge is -2.33. The Kier molecular flexibility index (Phi) is 7.44. The zero-order valence-corrected chi connectivity index (χ0v) is 22.2. The average Bonchev–Trinajstić information content (AvgIpc) is 3.27. The van der Waals surface area contributed by atoms with Crippen LogP contribution in [0.15, 0.2) is 30.3 Å². The van der Waals surface area contributed by atoms with Crippen molar-refractivity contribution < 1.29 is 9.53 Å². The highest BCUT2D eigenvalue weighted by Crippen LogP contribution is 2.38. The second-order valence-electron chi connectivity index (χ2n) is 10.9. The molecular formula is C30H40N4O2. The molecule has 2 fully saturated rings. The van der Waals surface area contributed by atoms with Gasteiger partial charge in [-0.1, -0.05) is 19.9 Å². The van der Waals surface area contributed by atoms with Crippen molar-refractivity contribution >= 4 is 16.8 Å². The molecular weight excluding hydrogens is 448 g/mol. The molecule has 0 bridgehead atoms. The summed E-state index contributed by atoms with van der Waals surface area (Å²) in [5.41, 5.74) is 8.47. The Balaban J connectivity index is 1.30. The molecule has 6 heteroatoms. The Morgan fingerprint density at radius 2 is 1.78 bits per heavy atom. The highest BCUT2D eigenvalue weighted by Gasteiger charge is 2.26. The number of hydrogen-bond acceptors (Lipinski definition) is 4. The molecule has 0 spiro atoms. The number of likely N-dealkylation sites (tertiary alicyclic amines) is 1. The van der Waals surface area contributed by atoms with E-state index in [0.29, 0.717) is 24.4 Å². The number of hydrogen-bond donors (Lipinski definition) is 2. The highest BCUT2D eigenvalue weighted by atomic mass is 16.5. The van der Waals surface area contributed by atoms with Gasteiger partial charge in [-0.05, 0) is 86.8 Å². The maximum Gasteiger partial charge on any atom is 0.236 e. The van der Waals surface area contributed by atoms with E-state index in [2.05, 4.69) is 73.3 Å². The number of carbonyl (C=O) groups excluding carboxylic acids is 1. The monoisotopic (exact) mass is 488 g/mol.